The fraction of sp³-hybridized carbons (Fsp3) is 0.500. The molecule has 0 saturated carbocycles. The van der Waals surface area contributed by atoms with Gasteiger partial charge in [-0.1, -0.05) is 18.2 Å². The van der Waals surface area contributed by atoms with E-state index in [9.17, 15) is 19.5 Å². The van der Waals surface area contributed by atoms with E-state index >= 15 is 0 Å². The highest BCUT2D eigenvalue weighted by atomic mass is 16.5. The van der Waals surface area contributed by atoms with Crippen LogP contribution in [0.25, 0.3) is 0 Å². The zero-order valence-corrected chi connectivity index (χ0v) is 14.3. The third-order valence-corrected chi connectivity index (χ3v) is 5.04. The summed E-state index contributed by atoms with van der Waals surface area (Å²) in [5.41, 5.74) is -0.936. The lowest BCUT2D eigenvalue weighted by atomic mass is 9.74. The van der Waals surface area contributed by atoms with Gasteiger partial charge < -0.3 is 24.8 Å². The molecule has 2 saturated heterocycles. The van der Waals surface area contributed by atoms with Gasteiger partial charge in [-0.3, -0.25) is 14.4 Å². The van der Waals surface area contributed by atoms with Crippen molar-refractivity contribution < 1.29 is 29.0 Å². The second-order valence-electron chi connectivity index (χ2n) is 6.64. The van der Waals surface area contributed by atoms with Crippen LogP contribution in [-0.2, 0) is 19.1 Å². The normalized spacial score (nSPS) is 24.6. The van der Waals surface area contributed by atoms with Gasteiger partial charge in [0.25, 0.3) is 5.91 Å². The molecule has 0 aliphatic carbocycles. The number of benzene rings is 1. The van der Waals surface area contributed by atoms with E-state index in [-0.39, 0.29) is 31.5 Å². The minimum Gasteiger partial charge on any atom is -0.484 e. The number of likely N-dealkylation sites (tertiary alicyclic amines) is 1. The Morgan fingerprint density at radius 2 is 2.08 bits per heavy atom. The van der Waals surface area contributed by atoms with Crippen LogP contribution in [0.2, 0.25) is 0 Å². The van der Waals surface area contributed by atoms with Gasteiger partial charge in [-0.15, -0.1) is 0 Å². The minimum atomic E-state index is -0.936. The number of nitrogens with zero attached hydrogens (tertiary/aromatic N) is 1. The van der Waals surface area contributed by atoms with Crippen molar-refractivity contribution in [1.82, 2.24) is 10.2 Å². The molecule has 0 bridgehead atoms. The number of nitrogens with one attached hydrogen (secondary N) is 1. The highest BCUT2D eigenvalue weighted by Crippen LogP contribution is 2.42. The predicted molar refractivity (Wildman–Crippen MR) is 90.5 cm³/mol. The Hall–Kier alpha value is -2.61. The van der Waals surface area contributed by atoms with Crippen LogP contribution < -0.4 is 10.1 Å². The van der Waals surface area contributed by atoms with Crippen LogP contribution in [-0.4, -0.2) is 67.2 Å². The number of aliphatic carboxylic acids is 1. The molecular formula is C18H22N2O6. The predicted octanol–water partition coefficient (Wildman–Crippen LogP) is 0.131. The van der Waals surface area contributed by atoms with Crippen LogP contribution in [0.4, 0.5) is 0 Å². The van der Waals surface area contributed by atoms with Gasteiger partial charge in [0.05, 0.1) is 18.6 Å². The average Bonchev–Trinajstić information content (AvgIpc) is 3.06. The number of amides is 2. The molecule has 1 aromatic rings. The molecule has 2 aliphatic rings. The third kappa shape index (κ3) is 3.80. The SMILES string of the molecule is O=C(COc1ccccc1)NCC(=O)N1C[C@H]2COCC[C@@]2(C(=O)O)C1. The topological polar surface area (TPSA) is 105 Å². The molecule has 2 N–H and O–H groups in total. The molecule has 2 heterocycles. The summed E-state index contributed by atoms with van der Waals surface area (Å²) >= 11 is 0. The zero-order chi connectivity index (χ0) is 18.6. The van der Waals surface area contributed by atoms with E-state index in [1.165, 1.54) is 4.90 Å². The maximum Gasteiger partial charge on any atom is 0.311 e. The first-order valence-electron chi connectivity index (χ1n) is 8.55. The van der Waals surface area contributed by atoms with Gasteiger partial charge in [0.2, 0.25) is 5.91 Å². The summed E-state index contributed by atoms with van der Waals surface area (Å²) < 4.78 is 10.7. The summed E-state index contributed by atoms with van der Waals surface area (Å²) in [5.74, 6) is -1.24. The second-order valence-corrected chi connectivity index (χ2v) is 6.64. The summed E-state index contributed by atoms with van der Waals surface area (Å²) in [6, 6.07) is 8.90. The molecule has 8 heteroatoms. The summed E-state index contributed by atoms with van der Waals surface area (Å²) in [5, 5.41) is 12.1. The first kappa shape index (κ1) is 18.2. The molecule has 0 aromatic heterocycles. The maximum atomic E-state index is 12.4. The first-order valence-corrected chi connectivity index (χ1v) is 8.55. The molecule has 2 aliphatic heterocycles. The molecule has 1 aromatic carbocycles. The number of ether oxygens (including phenoxy) is 2. The Morgan fingerprint density at radius 3 is 2.77 bits per heavy atom. The van der Waals surface area contributed by atoms with E-state index < -0.39 is 17.3 Å². The average molecular weight is 362 g/mol. The van der Waals surface area contributed by atoms with Crippen LogP contribution in [0, 0.1) is 11.3 Å². The molecule has 2 fully saturated rings. The highest BCUT2D eigenvalue weighted by Gasteiger charge is 2.54. The van der Waals surface area contributed by atoms with Crippen molar-refractivity contribution in [2.75, 3.05) is 39.5 Å². The van der Waals surface area contributed by atoms with Gasteiger partial charge in [0.15, 0.2) is 6.61 Å². The van der Waals surface area contributed by atoms with Gasteiger partial charge in [-0.25, -0.2) is 0 Å². The standard InChI is InChI=1S/C18H22N2O6/c21-15(11-26-14-4-2-1-3-5-14)19-8-16(22)20-9-13-10-25-7-6-18(13,12-20)17(23)24/h1-5,13H,6-12H2,(H,19,21)(H,23,24)/t13-,18+/m0/s1. The number of hydrogen-bond acceptors (Lipinski definition) is 5. The number of para-hydroxylation sites is 1. The lowest BCUT2D eigenvalue weighted by molar-refractivity contribution is -0.157. The second kappa shape index (κ2) is 7.74. The molecule has 3 rings (SSSR count). The molecule has 140 valence electrons. The number of hydrogen-bond donors (Lipinski definition) is 2. The van der Waals surface area contributed by atoms with E-state index in [2.05, 4.69) is 5.32 Å². The quantitative estimate of drug-likeness (QED) is 0.745. The summed E-state index contributed by atoms with van der Waals surface area (Å²) in [6.07, 6.45) is 0.397. The summed E-state index contributed by atoms with van der Waals surface area (Å²) in [6.45, 7) is 0.853. The molecule has 0 radical (unpaired) electrons. The van der Waals surface area contributed by atoms with Crippen molar-refractivity contribution in [2.24, 2.45) is 11.3 Å². The Labute approximate surface area is 151 Å². The number of carbonyl (C=O) groups excluding carboxylic acids is 2. The van der Waals surface area contributed by atoms with Crippen LogP contribution in [0.15, 0.2) is 30.3 Å². The number of carboxylic acids is 1. The summed E-state index contributed by atoms with van der Waals surface area (Å²) in [7, 11) is 0. The fourth-order valence-electron chi connectivity index (χ4n) is 3.49. The van der Waals surface area contributed by atoms with Crippen molar-refractivity contribution in [2.45, 2.75) is 6.42 Å². The van der Waals surface area contributed by atoms with E-state index in [1.54, 1.807) is 24.3 Å². The van der Waals surface area contributed by atoms with Gasteiger partial charge in [-0.2, -0.15) is 0 Å². The smallest absolute Gasteiger partial charge is 0.311 e. The van der Waals surface area contributed by atoms with Crippen molar-refractivity contribution in [3.8, 4) is 5.75 Å². The monoisotopic (exact) mass is 362 g/mol. The van der Waals surface area contributed by atoms with Crippen molar-refractivity contribution in [3.05, 3.63) is 30.3 Å². The fourth-order valence-corrected chi connectivity index (χ4v) is 3.49. The number of rotatable bonds is 6. The molecule has 26 heavy (non-hydrogen) atoms. The van der Waals surface area contributed by atoms with Crippen LogP contribution >= 0.6 is 0 Å². The number of carboxylic acid groups (broad SMARTS) is 1. The highest BCUT2D eigenvalue weighted by molar-refractivity contribution is 5.86. The lowest BCUT2D eigenvalue weighted by Crippen LogP contribution is -2.45. The molecule has 2 amide bonds. The van der Waals surface area contributed by atoms with Crippen LogP contribution in [0.5, 0.6) is 5.75 Å². The Balaban J connectivity index is 1.48. The van der Waals surface area contributed by atoms with E-state index in [1.807, 2.05) is 6.07 Å². The van der Waals surface area contributed by atoms with E-state index in [0.717, 1.165) is 0 Å². The number of fused-ring (bicyclic) bond motifs is 1. The van der Waals surface area contributed by atoms with Gasteiger partial charge >= 0.3 is 5.97 Å². The minimum absolute atomic E-state index is 0.158. The summed E-state index contributed by atoms with van der Waals surface area (Å²) in [4.78, 5) is 37.4. The Morgan fingerprint density at radius 1 is 1.31 bits per heavy atom. The van der Waals surface area contributed by atoms with Crippen LogP contribution in [0.1, 0.15) is 6.42 Å². The maximum absolute atomic E-state index is 12.4. The Kier molecular flexibility index (Phi) is 5.41. The van der Waals surface area contributed by atoms with Gasteiger partial charge in [0.1, 0.15) is 5.75 Å². The first-order chi connectivity index (χ1) is 12.5. The van der Waals surface area contributed by atoms with E-state index in [4.69, 9.17) is 9.47 Å². The van der Waals surface area contributed by atoms with Crippen LogP contribution in [0.3, 0.4) is 0 Å². The van der Waals surface area contributed by atoms with Crippen molar-refractivity contribution in [1.29, 1.82) is 0 Å². The molecule has 8 nitrogen and oxygen atoms in total. The molecule has 2 atom stereocenters. The van der Waals surface area contributed by atoms with E-state index in [0.29, 0.717) is 31.9 Å². The zero-order valence-electron chi connectivity index (χ0n) is 14.3. The largest absolute Gasteiger partial charge is 0.484 e. The van der Waals surface area contributed by atoms with Crippen molar-refractivity contribution >= 4 is 17.8 Å². The van der Waals surface area contributed by atoms with Gasteiger partial charge in [0, 0.05) is 25.6 Å². The third-order valence-electron chi connectivity index (χ3n) is 5.04. The molecular weight excluding hydrogens is 340 g/mol. The Bertz CT molecular complexity index is 680. The lowest BCUT2D eigenvalue weighted by Gasteiger charge is -2.33. The van der Waals surface area contributed by atoms with Crippen molar-refractivity contribution in [3.63, 3.8) is 0 Å². The molecule has 0 unspecified atom stereocenters. The van der Waals surface area contributed by atoms with Gasteiger partial charge in [-0.05, 0) is 18.6 Å². The molecule has 0 spiro atoms. The number of carbonyl (C=O) groups is 3.